The van der Waals surface area contributed by atoms with Crippen molar-refractivity contribution in [3.05, 3.63) is 36.5 Å². The number of carbonyl (C=O) groups is 3. The molecule has 1 amide bonds. The summed E-state index contributed by atoms with van der Waals surface area (Å²) < 4.78 is 5.91. The molecule has 6 nitrogen and oxygen atoms in total. The Hall–Kier alpha value is -2.37. The van der Waals surface area contributed by atoms with Crippen molar-refractivity contribution in [1.29, 1.82) is 0 Å². The van der Waals surface area contributed by atoms with Crippen LogP contribution >= 0.6 is 0 Å². The molecule has 0 saturated carbocycles. The first-order chi connectivity index (χ1) is 24.0. The number of ether oxygens (including phenoxy) is 1. The van der Waals surface area contributed by atoms with Gasteiger partial charge in [-0.2, -0.15) is 0 Å². The van der Waals surface area contributed by atoms with Crippen molar-refractivity contribution >= 4 is 17.8 Å². The van der Waals surface area contributed by atoms with Crippen LogP contribution < -0.4 is 5.32 Å². The average molecular weight is 688 g/mol. The quantitative estimate of drug-likeness (QED) is 0.0385. The molecule has 0 aliphatic rings. The molecule has 0 heterocycles. The zero-order chi connectivity index (χ0) is 35.9. The van der Waals surface area contributed by atoms with E-state index in [0.717, 1.165) is 57.8 Å². The SMILES string of the molecule is CCCCC/C=C\C/C=C\CCCCCCCCCCCC(=O)OC(/C=C\CCCCCCCCC)CCCCCCC(=O)NCC(=O)O. The van der Waals surface area contributed by atoms with E-state index in [0.29, 0.717) is 12.8 Å². The van der Waals surface area contributed by atoms with Crippen molar-refractivity contribution in [3.8, 4) is 0 Å². The number of carbonyl (C=O) groups excluding carboxylic acids is 2. The summed E-state index contributed by atoms with van der Waals surface area (Å²) in [7, 11) is 0. The Balaban J connectivity index is 4.09. The van der Waals surface area contributed by atoms with E-state index < -0.39 is 5.97 Å². The lowest BCUT2D eigenvalue weighted by Gasteiger charge is -2.15. The number of esters is 1. The second-order valence-corrected chi connectivity index (χ2v) is 13.9. The first kappa shape index (κ1) is 46.6. The molecule has 49 heavy (non-hydrogen) atoms. The second-order valence-electron chi connectivity index (χ2n) is 13.9. The maximum absolute atomic E-state index is 12.7. The number of hydrogen-bond donors (Lipinski definition) is 2. The predicted molar refractivity (Wildman–Crippen MR) is 208 cm³/mol. The summed E-state index contributed by atoms with van der Waals surface area (Å²) in [6.07, 6.45) is 47.1. The van der Waals surface area contributed by atoms with Crippen LogP contribution in [0.25, 0.3) is 0 Å². The van der Waals surface area contributed by atoms with Crippen LogP contribution in [0.4, 0.5) is 0 Å². The third-order valence-corrected chi connectivity index (χ3v) is 9.02. The Labute approximate surface area is 302 Å². The van der Waals surface area contributed by atoms with Gasteiger partial charge >= 0.3 is 11.9 Å². The zero-order valence-corrected chi connectivity index (χ0v) is 32.0. The minimum Gasteiger partial charge on any atom is -0.480 e. The summed E-state index contributed by atoms with van der Waals surface area (Å²) in [6, 6.07) is 0. The Kier molecular flexibility index (Phi) is 36.6. The number of unbranched alkanes of at least 4 members (excludes halogenated alkanes) is 22. The van der Waals surface area contributed by atoms with Crippen molar-refractivity contribution in [3.63, 3.8) is 0 Å². The highest BCUT2D eigenvalue weighted by Gasteiger charge is 2.12. The maximum Gasteiger partial charge on any atom is 0.322 e. The number of rotatable bonds is 37. The summed E-state index contributed by atoms with van der Waals surface area (Å²) in [4.78, 5) is 34.9. The number of carboxylic acid groups (broad SMARTS) is 1. The van der Waals surface area contributed by atoms with Gasteiger partial charge in [-0.3, -0.25) is 14.4 Å². The molecule has 0 bridgehead atoms. The fraction of sp³-hybridized carbons (Fsp3) is 0.791. The number of carboxylic acids is 1. The summed E-state index contributed by atoms with van der Waals surface area (Å²) >= 11 is 0. The first-order valence-electron chi connectivity index (χ1n) is 20.6. The van der Waals surface area contributed by atoms with Crippen molar-refractivity contribution in [2.75, 3.05) is 6.54 Å². The van der Waals surface area contributed by atoms with Gasteiger partial charge in [0.25, 0.3) is 0 Å². The summed E-state index contributed by atoms with van der Waals surface area (Å²) in [5, 5.41) is 11.1. The van der Waals surface area contributed by atoms with Gasteiger partial charge in [0.2, 0.25) is 5.91 Å². The van der Waals surface area contributed by atoms with E-state index in [9.17, 15) is 14.4 Å². The largest absolute Gasteiger partial charge is 0.480 e. The van der Waals surface area contributed by atoms with Gasteiger partial charge in [0.15, 0.2) is 0 Å². The van der Waals surface area contributed by atoms with Gasteiger partial charge in [-0.15, -0.1) is 0 Å². The van der Waals surface area contributed by atoms with E-state index >= 15 is 0 Å². The minimum atomic E-state index is -1.03. The molecule has 1 unspecified atom stereocenters. The van der Waals surface area contributed by atoms with Crippen LogP contribution in [0, 0.1) is 0 Å². The van der Waals surface area contributed by atoms with Crippen LogP contribution in [0.1, 0.15) is 206 Å². The van der Waals surface area contributed by atoms with Gasteiger partial charge in [-0.25, -0.2) is 0 Å². The van der Waals surface area contributed by atoms with Crippen LogP contribution in [0.3, 0.4) is 0 Å². The molecule has 0 radical (unpaired) electrons. The Morgan fingerprint density at radius 3 is 1.57 bits per heavy atom. The van der Waals surface area contributed by atoms with E-state index in [1.54, 1.807) is 0 Å². The molecule has 0 aromatic rings. The molecule has 0 aromatic carbocycles. The van der Waals surface area contributed by atoms with Crippen molar-refractivity contribution in [2.24, 2.45) is 0 Å². The van der Waals surface area contributed by atoms with Crippen LogP contribution in [0.5, 0.6) is 0 Å². The number of allylic oxidation sites excluding steroid dienone is 5. The van der Waals surface area contributed by atoms with Gasteiger partial charge in [0.05, 0.1) is 0 Å². The molecule has 284 valence electrons. The number of nitrogens with one attached hydrogen (secondary N) is 1. The molecule has 0 aromatic heterocycles. The minimum absolute atomic E-state index is 0.0854. The predicted octanol–water partition coefficient (Wildman–Crippen LogP) is 12.5. The van der Waals surface area contributed by atoms with Crippen LogP contribution in [-0.4, -0.2) is 35.6 Å². The smallest absolute Gasteiger partial charge is 0.322 e. The Morgan fingerprint density at radius 2 is 1.00 bits per heavy atom. The van der Waals surface area contributed by atoms with Crippen molar-refractivity contribution < 1.29 is 24.2 Å². The number of hydrogen-bond acceptors (Lipinski definition) is 4. The van der Waals surface area contributed by atoms with Crippen LogP contribution in [-0.2, 0) is 19.1 Å². The van der Waals surface area contributed by atoms with Gasteiger partial charge in [-0.1, -0.05) is 153 Å². The van der Waals surface area contributed by atoms with E-state index in [1.807, 2.05) is 0 Å². The second kappa shape index (κ2) is 38.4. The van der Waals surface area contributed by atoms with Crippen molar-refractivity contribution in [1.82, 2.24) is 5.32 Å². The highest BCUT2D eigenvalue weighted by Crippen LogP contribution is 2.16. The average Bonchev–Trinajstić information content (AvgIpc) is 3.08. The maximum atomic E-state index is 12.7. The molecule has 1 atom stereocenters. The topological polar surface area (TPSA) is 92.7 Å². The molecule has 0 saturated heterocycles. The molecule has 0 aliphatic heterocycles. The molecule has 0 spiro atoms. The fourth-order valence-electron chi connectivity index (χ4n) is 5.92. The summed E-state index contributed by atoms with van der Waals surface area (Å²) in [5.74, 6) is -1.33. The number of amides is 1. The molecule has 0 fully saturated rings. The standard InChI is InChI=1S/C43H77NO5/c1-3-5-7-9-11-13-14-15-16-17-18-19-20-21-22-24-26-28-34-38-43(48)49-40(35-31-27-25-23-12-10-8-6-4-2)36-32-29-30-33-37-41(45)44-39-42(46)47/h11,13,15-16,31,35,40H,3-10,12,14,17-30,32-34,36-39H2,1-2H3,(H,44,45)(H,46,47)/b13-11-,16-15-,35-31-. The van der Waals surface area contributed by atoms with E-state index in [-0.39, 0.29) is 24.5 Å². The lowest BCUT2D eigenvalue weighted by molar-refractivity contribution is -0.147. The Bertz CT molecular complexity index is 849. The molecular weight excluding hydrogens is 610 g/mol. The molecular formula is C43H77NO5. The van der Waals surface area contributed by atoms with Gasteiger partial charge < -0.3 is 15.2 Å². The lowest BCUT2D eigenvalue weighted by Crippen LogP contribution is -2.28. The Morgan fingerprint density at radius 1 is 0.551 bits per heavy atom. The fourth-order valence-corrected chi connectivity index (χ4v) is 5.92. The molecule has 6 heteroatoms. The van der Waals surface area contributed by atoms with Gasteiger partial charge in [0, 0.05) is 12.8 Å². The normalized spacial score (nSPS) is 12.4. The summed E-state index contributed by atoms with van der Waals surface area (Å²) in [5.41, 5.74) is 0. The van der Waals surface area contributed by atoms with E-state index in [4.69, 9.17) is 9.84 Å². The first-order valence-corrected chi connectivity index (χ1v) is 20.6. The summed E-state index contributed by atoms with van der Waals surface area (Å²) in [6.45, 7) is 4.17. The van der Waals surface area contributed by atoms with Gasteiger partial charge in [0.1, 0.15) is 12.6 Å². The highest BCUT2D eigenvalue weighted by molar-refractivity contribution is 5.80. The molecule has 0 rings (SSSR count). The van der Waals surface area contributed by atoms with Crippen LogP contribution in [0.15, 0.2) is 36.5 Å². The lowest BCUT2D eigenvalue weighted by atomic mass is 10.0. The zero-order valence-electron chi connectivity index (χ0n) is 32.0. The molecule has 2 N–H and O–H groups in total. The van der Waals surface area contributed by atoms with Crippen LogP contribution in [0.2, 0.25) is 0 Å². The monoisotopic (exact) mass is 688 g/mol. The number of aliphatic carboxylic acids is 1. The third kappa shape index (κ3) is 38.3. The molecule has 0 aliphatic carbocycles. The third-order valence-electron chi connectivity index (χ3n) is 9.02. The van der Waals surface area contributed by atoms with Gasteiger partial charge in [-0.05, 0) is 76.7 Å². The van der Waals surface area contributed by atoms with Crippen molar-refractivity contribution in [2.45, 2.75) is 213 Å². The van der Waals surface area contributed by atoms with E-state index in [1.165, 1.54) is 122 Å². The van der Waals surface area contributed by atoms with E-state index in [2.05, 4.69) is 55.6 Å². The highest BCUT2D eigenvalue weighted by atomic mass is 16.5.